The summed E-state index contributed by atoms with van der Waals surface area (Å²) >= 11 is 0. The van der Waals surface area contributed by atoms with Gasteiger partial charge in [0.15, 0.2) is 0 Å². The molecular formula is C42H31NO3. The highest BCUT2D eigenvalue weighted by atomic mass is 16.5. The summed E-state index contributed by atoms with van der Waals surface area (Å²) < 4.78 is 20.3. The van der Waals surface area contributed by atoms with Gasteiger partial charge in [0.1, 0.15) is 34.2 Å². The van der Waals surface area contributed by atoms with E-state index >= 15 is 0 Å². The molecule has 0 saturated heterocycles. The summed E-state index contributed by atoms with van der Waals surface area (Å²) in [6.07, 6.45) is 12.1. The minimum absolute atomic E-state index is 0.0351. The van der Waals surface area contributed by atoms with Gasteiger partial charge in [0.05, 0.1) is 5.69 Å². The molecule has 9 rings (SSSR count). The number of benzene rings is 4. The van der Waals surface area contributed by atoms with Gasteiger partial charge >= 0.3 is 0 Å². The van der Waals surface area contributed by atoms with Crippen molar-refractivity contribution in [3.05, 3.63) is 162 Å². The average Bonchev–Trinajstić information content (AvgIpc) is 3.49. The first-order valence-electron chi connectivity index (χ1n) is 15.9. The first-order valence-corrected chi connectivity index (χ1v) is 15.9. The molecule has 3 aliphatic rings. The van der Waals surface area contributed by atoms with E-state index in [9.17, 15) is 0 Å². The van der Waals surface area contributed by atoms with Gasteiger partial charge in [-0.05, 0) is 78.4 Å². The smallest absolute Gasteiger partial charge is 0.136 e. The minimum Gasteiger partial charge on any atom is -0.461 e. The molecule has 0 N–H and O–H groups in total. The van der Waals surface area contributed by atoms with Crippen LogP contribution in [-0.4, -0.2) is 4.98 Å². The van der Waals surface area contributed by atoms with E-state index in [-0.39, 0.29) is 11.8 Å². The van der Waals surface area contributed by atoms with Crippen LogP contribution < -0.4 is 4.74 Å². The molecule has 0 fully saturated rings. The molecule has 2 aliphatic carbocycles. The fraction of sp³-hybridized carbons (Fsp3) is 0.119. The normalized spacial score (nSPS) is 18.8. The van der Waals surface area contributed by atoms with E-state index in [0.29, 0.717) is 0 Å². The van der Waals surface area contributed by atoms with Crippen LogP contribution in [0.5, 0.6) is 11.5 Å². The Kier molecular flexibility index (Phi) is 6.27. The van der Waals surface area contributed by atoms with Gasteiger partial charge in [0.2, 0.25) is 0 Å². The molecule has 0 amide bonds. The Balaban J connectivity index is 1.28. The van der Waals surface area contributed by atoms with Crippen LogP contribution in [-0.2, 0) is 4.74 Å². The molecule has 4 nitrogen and oxygen atoms in total. The fourth-order valence-electron chi connectivity index (χ4n) is 7.23. The zero-order chi connectivity index (χ0) is 30.6. The highest BCUT2D eigenvalue weighted by Gasteiger charge is 2.31. The minimum atomic E-state index is 0.0351. The highest BCUT2D eigenvalue weighted by molar-refractivity contribution is 6.10. The summed E-state index contributed by atoms with van der Waals surface area (Å²) in [5, 5.41) is 2.28. The van der Waals surface area contributed by atoms with Crippen molar-refractivity contribution >= 4 is 33.1 Å². The highest BCUT2D eigenvalue weighted by Crippen LogP contribution is 2.49. The van der Waals surface area contributed by atoms with Crippen LogP contribution in [0.2, 0.25) is 0 Å². The molecule has 2 atom stereocenters. The van der Waals surface area contributed by atoms with Gasteiger partial charge in [0.25, 0.3) is 0 Å². The number of hydrogen-bond donors (Lipinski definition) is 0. The average molecular weight is 598 g/mol. The Bertz CT molecular complexity index is 2290. The summed E-state index contributed by atoms with van der Waals surface area (Å²) in [5.41, 5.74) is 9.42. The number of rotatable bonds is 2. The largest absolute Gasteiger partial charge is 0.461 e. The molecule has 0 radical (unpaired) electrons. The lowest BCUT2D eigenvalue weighted by Gasteiger charge is -2.32. The van der Waals surface area contributed by atoms with E-state index in [0.717, 1.165) is 85.8 Å². The predicted octanol–water partition coefficient (Wildman–Crippen LogP) is 11.2. The van der Waals surface area contributed by atoms with Crippen molar-refractivity contribution in [2.24, 2.45) is 5.92 Å². The molecule has 1 aliphatic heterocycles. The second kappa shape index (κ2) is 10.8. The second-order valence-electron chi connectivity index (χ2n) is 12.3. The molecule has 2 aromatic heterocycles. The van der Waals surface area contributed by atoms with Gasteiger partial charge in [-0.15, -0.1) is 0 Å². The lowest BCUT2D eigenvalue weighted by atomic mass is 9.80. The molecule has 0 saturated carbocycles. The van der Waals surface area contributed by atoms with Crippen molar-refractivity contribution in [2.45, 2.75) is 25.7 Å². The number of pyridine rings is 1. The van der Waals surface area contributed by atoms with Gasteiger partial charge in [-0.3, -0.25) is 4.98 Å². The molecule has 0 spiro atoms. The molecule has 6 aromatic rings. The lowest BCUT2D eigenvalue weighted by molar-refractivity contribution is 0.285. The molecule has 4 aromatic carbocycles. The molecule has 2 unspecified atom stereocenters. The summed E-state index contributed by atoms with van der Waals surface area (Å²) in [4.78, 5) is 4.63. The van der Waals surface area contributed by atoms with Gasteiger partial charge in [-0.25, -0.2) is 0 Å². The Hall–Kier alpha value is -5.61. The Morgan fingerprint density at radius 3 is 2.57 bits per heavy atom. The van der Waals surface area contributed by atoms with Gasteiger partial charge < -0.3 is 13.9 Å². The maximum Gasteiger partial charge on any atom is 0.136 e. The predicted molar refractivity (Wildman–Crippen MR) is 184 cm³/mol. The zero-order valence-electron chi connectivity index (χ0n) is 25.4. The first kappa shape index (κ1) is 26.8. The third kappa shape index (κ3) is 4.40. The quantitative estimate of drug-likeness (QED) is 0.199. The van der Waals surface area contributed by atoms with Gasteiger partial charge in [-0.2, -0.15) is 0 Å². The van der Waals surface area contributed by atoms with E-state index in [2.05, 4.69) is 103 Å². The standard InChI is InChI=1S/C42H31NO3/c1-26-23-34-30-21-20-27(35-15-8-9-22-43-35)24-40(30)45-36-16-5-2-11-28(36)29-12-3-6-17-37(29)46-41(34)25-33(26)31-14-10-19-39-42(31)32-13-4-7-18-38(32)44-39/h2-11,13-22,24-26,29H,12,23H2,1H3. The monoisotopic (exact) mass is 597 g/mol. The van der Waals surface area contributed by atoms with E-state index in [1.165, 1.54) is 11.1 Å². The topological polar surface area (TPSA) is 44.5 Å². The van der Waals surface area contributed by atoms with Gasteiger partial charge in [-0.1, -0.05) is 85.8 Å². The zero-order valence-corrected chi connectivity index (χ0v) is 25.4. The van der Waals surface area contributed by atoms with Gasteiger partial charge in [0, 0.05) is 45.2 Å². The van der Waals surface area contributed by atoms with Crippen LogP contribution >= 0.6 is 0 Å². The Morgan fingerprint density at radius 1 is 0.761 bits per heavy atom. The van der Waals surface area contributed by atoms with Crippen molar-refractivity contribution < 1.29 is 13.9 Å². The summed E-state index contributed by atoms with van der Waals surface area (Å²) in [6.45, 7) is 2.30. The maximum atomic E-state index is 7.07. The number of furan rings is 1. The van der Waals surface area contributed by atoms with E-state index in [1.54, 1.807) is 0 Å². The Morgan fingerprint density at radius 2 is 1.63 bits per heavy atom. The number of fused-ring (bicyclic) bond motifs is 8. The van der Waals surface area contributed by atoms with E-state index in [4.69, 9.17) is 13.9 Å². The third-order valence-corrected chi connectivity index (χ3v) is 9.46. The van der Waals surface area contributed by atoms with Crippen LogP contribution in [0.3, 0.4) is 0 Å². The van der Waals surface area contributed by atoms with E-state index < -0.39 is 0 Å². The van der Waals surface area contributed by atoms with Crippen molar-refractivity contribution in [1.82, 2.24) is 4.98 Å². The second-order valence-corrected chi connectivity index (χ2v) is 12.3. The molecule has 0 bridgehead atoms. The van der Waals surface area contributed by atoms with E-state index in [1.807, 2.05) is 42.6 Å². The number of aromatic nitrogens is 1. The van der Waals surface area contributed by atoms with Crippen molar-refractivity contribution in [2.75, 3.05) is 0 Å². The molecular weight excluding hydrogens is 566 g/mol. The molecule has 222 valence electrons. The third-order valence-electron chi connectivity index (χ3n) is 9.46. The maximum absolute atomic E-state index is 7.07. The number of ether oxygens (including phenoxy) is 2. The van der Waals surface area contributed by atoms with Crippen LogP contribution in [0.15, 0.2) is 150 Å². The number of hydrogen-bond acceptors (Lipinski definition) is 4. The van der Waals surface area contributed by atoms with Crippen molar-refractivity contribution in [3.63, 3.8) is 0 Å². The number of nitrogens with zero attached hydrogens (tertiary/aromatic N) is 1. The van der Waals surface area contributed by atoms with Crippen LogP contribution in [0.4, 0.5) is 0 Å². The number of para-hydroxylation sites is 2. The van der Waals surface area contributed by atoms with Crippen LogP contribution in [0.1, 0.15) is 42.4 Å². The molecule has 3 heterocycles. The Labute approximate surface area is 267 Å². The van der Waals surface area contributed by atoms with Crippen LogP contribution in [0, 0.1) is 5.92 Å². The summed E-state index contributed by atoms with van der Waals surface area (Å²) in [7, 11) is 0. The van der Waals surface area contributed by atoms with Crippen molar-refractivity contribution in [1.29, 1.82) is 0 Å². The number of allylic oxidation sites excluding steroid dienone is 7. The molecule has 46 heavy (non-hydrogen) atoms. The summed E-state index contributed by atoms with van der Waals surface area (Å²) in [5.74, 6) is 3.69. The molecule has 4 heteroatoms. The lowest BCUT2D eigenvalue weighted by Crippen LogP contribution is -2.15. The summed E-state index contributed by atoms with van der Waals surface area (Å²) in [6, 6.07) is 35.4. The fourth-order valence-corrected chi connectivity index (χ4v) is 7.23. The first-order chi connectivity index (χ1) is 22.7. The van der Waals surface area contributed by atoms with Crippen molar-refractivity contribution in [3.8, 4) is 22.8 Å². The van der Waals surface area contributed by atoms with Crippen LogP contribution in [0.25, 0.3) is 44.3 Å². The SMILES string of the molecule is CC1CC2=C(C=C1c1cccc3oc4ccccc4c13)OC1=CC=CCC1c1ccccc1Oc1cc(-c3ccccn3)ccc12.